The first kappa shape index (κ1) is 24.3. The molecule has 2 fully saturated rings. The van der Waals surface area contributed by atoms with Crippen molar-refractivity contribution in [1.29, 1.82) is 5.26 Å². The maximum absolute atomic E-state index is 12.8. The predicted molar refractivity (Wildman–Crippen MR) is 134 cm³/mol. The van der Waals surface area contributed by atoms with Gasteiger partial charge in [0, 0.05) is 29.7 Å². The van der Waals surface area contributed by atoms with Gasteiger partial charge in [0.1, 0.15) is 17.6 Å². The first-order chi connectivity index (χ1) is 16.3. The fraction of sp³-hybridized carbons (Fsp3) is 0.500. The third-order valence-electron chi connectivity index (χ3n) is 6.78. The van der Waals surface area contributed by atoms with Crippen LogP contribution in [-0.4, -0.2) is 41.5 Å². The van der Waals surface area contributed by atoms with E-state index in [0.29, 0.717) is 28.7 Å². The number of ether oxygens (including phenoxy) is 1. The zero-order valence-electron chi connectivity index (χ0n) is 20.6. The monoisotopic (exact) mass is 460 g/mol. The summed E-state index contributed by atoms with van der Waals surface area (Å²) in [5.74, 6) is 1.10. The molecule has 2 saturated heterocycles. The smallest absolute Gasteiger partial charge is 0.251 e. The number of benzene rings is 2. The third-order valence-corrected chi connectivity index (χ3v) is 6.78. The summed E-state index contributed by atoms with van der Waals surface area (Å²) in [6.45, 7) is 9.42. The Kier molecular flexibility index (Phi) is 7.55. The van der Waals surface area contributed by atoms with Crippen LogP contribution < -0.4 is 15.4 Å². The van der Waals surface area contributed by atoms with Crippen LogP contribution in [0.1, 0.15) is 74.4 Å². The Morgan fingerprint density at radius 1 is 1.18 bits per heavy atom. The molecule has 6 nitrogen and oxygen atoms in total. The highest BCUT2D eigenvalue weighted by Gasteiger charge is 2.32. The molecule has 2 unspecified atom stereocenters. The van der Waals surface area contributed by atoms with Crippen LogP contribution in [0.3, 0.4) is 0 Å². The quantitative estimate of drug-likeness (QED) is 0.635. The summed E-state index contributed by atoms with van der Waals surface area (Å²) in [5, 5.41) is 16.6. The number of hydrogen-bond donors (Lipinski definition) is 2. The Morgan fingerprint density at radius 2 is 1.91 bits per heavy atom. The molecule has 2 heterocycles. The largest absolute Gasteiger partial charge is 0.456 e. The highest BCUT2D eigenvalue weighted by atomic mass is 16.5. The maximum atomic E-state index is 12.8. The summed E-state index contributed by atoms with van der Waals surface area (Å²) in [4.78, 5) is 15.2. The van der Waals surface area contributed by atoms with Gasteiger partial charge in [0.25, 0.3) is 5.91 Å². The summed E-state index contributed by atoms with van der Waals surface area (Å²) in [6, 6.07) is 15.8. The Bertz CT molecular complexity index is 1040. The summed E-state index contributed by atoms with van der Waals surface area (Å²) >= 11 is 0. The topological polar surface area (TPSA) is 77.4 Å². The molecule has 0 radical (unpaired) electrons. The molecule has 2 atom stereocenters. The molecule has 0 aliphatic carbocycles. The Labute approximate surface area is 203 Å². The van der Waals surface area contributed by atoms with Gasteiger partial charge < -0.3 is 15.4 Å². The lowest BCUT2D eigenvalue weighted by Crippen LogP contribution is -2.56. The number of carbonyl (C=O) groups is 1. The van der Waals surface area contributed by atoms with Gasteiger partial charge in [-0.2, -0.15) is 5.26 Å². The second-order valence-corrected chi connectivity index (χ2v) is 10.4. The molecule has 2 aliphatic heterocycles. The molecule has 2 aliphatic rings. The molecule has 2 aromatic carbocycles. The van der Waals surface area contributed by atoms with Crippen molar-refractivity contribution in [3.63, 3.8) is 0 Å². The van der Waals surface area contributed by atoms with Crippen molar-refractivity contribution in [2.75, 3.05) is 13.1 Å². The summed E-state index contributed by atoms with van der Waals surface area (Å²) in [7, 11) is 0. The molecule has 34 heavy (non-hydrogen) atoms. The van der Waals surface area contributed by atoms with Gasteiger partial charge in [0.05, 0.1) is 5.56 Å². The van der Waals surface area contributed by atoms with Gasteiger partial charge in [-0.15, -0.1) is 0 Å². The third kappa shape index (κ3) is 6.16. The molecule has 2 aromatic rings. The fourth-order valence-corrected chi connectivity index (χ4v) is 5.37. The number of nitrogens with one attached hydrogen (secondary N) is 2. The van der Waals surface area contributed by atoms with Crippen molar-refractivity contribution >= 4 is 5.91 Å². The van der Waals surface area contributed by atoms with E-state index in [4.69, 9.17) is 4.74 Å². The van der Waals surface area contributed by atoms with Crippen LogP contribution >= 0.6 is 0 Å². The average Bonchev–Trinajstić information content (AvgIpc) is 2.79. The van der Waals surface area contributed by atoms with E-state index in [-0.39, 0.29) is 17.5 Å². The molecule has 4 rings (SSSR count). The number of likely N-dealkylation sites (tertiary alicyclic amines) is 1. The van der Waals surface area contributed by atoms with Crippen LogP contribution in [0, 0.1) is 11.3 Å². The van der Waals surface area contributed by atoms with Crippen molar-refractivity contribution in [3.05, 3.63) is 59.2 Å². The number of rotatable bonds is 6. The van der Waals surface area contributed by atoms with Crippen molar-refractivity contribution in [2.45, 2.75) is 77.0 Å². The Hall–Kier alpha value is -2.88. The number of amides is 1. The standard InChI is InChI=1S/C28H36N4O2/c1-20-16-23(17-28(2,3)31-20)30-27(33)21-10-12-24(13-11-21)34-26-9-7-8-22(25(26)18-29)19-32-14-5-4-6-15-32/h7-13,20,23,31H,4-6,14-17,19H2,1-3H3,(H,30,33). The highest BCUT2D eigenvalue weighted by molar-refractivity contribution is 5.94. The number of hydrogen-bond acceptors (Lipinski definition) is 5. The molecular formula is C28H36N4O2. The summed E-state index contributed by atoms with van der Waals surface area (Å²) in [6.07, 6.45) is 5.53. The minimum Gasteiger partial charge on any atom is -0.456 e. The molecule has 0 aromatic heterocycles. The molecule has 0 saturated carbocycles. The molecule has 180 valence electrons. The van der Waals surface area contributed by atoms with Gasteiger partial charge in [-0.25, -0.2) is 0 Å². The molecule has 0 bridgehead atoms. The maximum Gasteiger partial charge on any atom is 0.251 e. The van der Waals surface area contributed by atoms with Crippen LogP contribution in [0.5, 0.6) is 11.5 Å². The number of nitrogens with zero attached hydrogens (tertiary/aromatic N) is 2. The van der Waals surface area contributed by atoms with Crippen molar-refractivity contribution < 1.29 is 9.53 Å². The van der Waals surface area contributed by atoms with Crippen LogP contribution in [0.25, 0.3) is 0 Å². The Balaban J connectivity index is 1.41. The number of nitriles is 1. The van der Waals surface area contributed by atoms with E-state index >= 15 is 0 Å². The van der Waals surface area contributed by atoms with Gasteiger partial charge in [-0.1, -0.05) is 18.6 Å². The van der Waals surface area contributed by atoms with Gasteiger partial charge >= 0.3 is 0 Å². The molecule has 1 amide bonds. The zero-order chi connectivity index (χ0) is 24.1. The highest BCUT2D eigenvalue weighted by Crippen LogP contribution is 2.29. The van der Waals surface area contributed by atoms with Crippen LogP contribution in [-0.2, 0) is 6.54 Å². The second kappa shape index (κ2) is 10.6. The van der Waals surface area contributed by atoms with Gasteiger partial charge in [0.15, 0.2) is 0 Å². The minimum absolute atomic E-state index is 0.00823. The summed E-state index contributed by atoms with van der Waals surface area (Å²) < 4.78 is 6.08. The van der Waals surface area contributed by atoms with Gasteiger partial charge in [-0.3, -0.25) is 9.69 Å². The van der Waals surface area contributed by atoms with E-state index in [0.717, 1.165) is 38.0 Å². The minimum atomic E-state index is -0.0670. The normalized spacial score (nSPS) is 22.5. The van der Waals surface area contributed by atoms with Crippen LogP contribution in [0.2, 0.25) is 0 Å². The first-order valence-electron chi connectivity index (χ1n) is 12.4. The number of carbonyl (C=O) groups excluding carboxylic acids is 1. The van der Waals surface area contributed by atoms with E-state index < -0.39 is 0 Å². The van der Waals surface area contributed by atoms with E-state index in [2.05, 4.69) is 42.4 Å². The molecule has 2 N–H and O–H groups in total. The zero-order valence-corrected chi connectivity index (χ0v) is 20.6. The van der Waals surface area contributed by atoms with E-state index in [9.17, 15) is 10.1 Å². The van der Waals surface area contributed by atoms with Gasteiger partial charge in [-0.05, 0) is 95.4 Å². The molecule has 6 heteroatoms. The van der Waals surface area contributed by atoms with Crippen LogP contribution in [0.15, 0.2) is 42.5 Å². The predicted octanol–water partition coefficient (Wildman–Crippen LogP) is 4.99. The number of piperidine rings is 2. The van der Waals surface area contributed by atoms with E-state index in [1.165, 1.54) is 19.3 Å². The first-order valence-corrected chi connectivity index (χ1v) is 12.4. The summed E-state index contributed by atoms with van der Waals surface area (Å²) in [5.41, 5.74) is 2.19. The Morgan fingerprint density at radius 3 is 2.59 bits per heavy atom. The van der Waals surface area contributed by atoms with Crippen molar-refractivity contribution in [3.8, 4) is 17.6 Å². The molecule has 0 spiro atoms. The lowest BCUT2D eigenvalue weighted by atomic mass is 9.86. The van der Waals surface area contributed by atoms with Crippen molar-refractivity contribution in [1.82, 2.24) is 15.5 Å². The second-order valence-electron chi connectivity index (χ2n) is 10.4. The average molecular weight is 461 g/mol. The SMILES string of the molecule is CC1CC(NC(=O)c2ccc(Oc3cccc(CN4CCCCC4)c3C#N)cc2)CC(C)(C)N1. The van der Waals surface area contributed by atoms with Crippen LogP contribution in [0.4, 0.5) is 0 Å². The molecular weight excluding hydrogens is 424 g/mol. The van der Waals surface area contributed by atoms with Gasteiger partial charge in [0.2, 0.25) is 0 Å². The van der Waals surface area contributed by atoms with E-state index in [1.54, 1.807) is 24.3 Å². The fourth-order valence-electron chi connectivity index (χ4n) is 5.37. The van der Waals surface area contributed by atoms with Crippen molar-refractivity contribution in [2.24, 2.45) is 0 Å². The lowest BCUT2D eigenvalue weighted by Gasteiger charge is -2.40. The lowest BCUT2D eigenvalue weighted by molar-refractivity contribution is 0.0906. The van der Waals surface area contributed by atoms with E-state index in [1.807, 2.05) is 18.2 Å².